The van der Waals surface area contributed by atoms with Crippen LogP contribution in [-0.2, 0) is 0 Å². The second-order valence-electron chi connectivity index (χ2n) is 5.56. The third-order valence-corrected chi connectivity index (χ3v) is 4.09. The van der Waals surface area contributed by atoms with Crippen LogP contribution in [0.5, 0.6) is 0 Å². The maximum Gasteiger partial charge on any atom is 0.346 e. The van der Waals surface area contributed by atoms with E-state index in [0.29, 0.717) is 16.4 Å². The number of hydrogen-bond donors (Lipinski definition) is 1. The number of aromatic nitrogens is 4. The lowest BCUT2D eigenvalue weighted by Gasteiger charge is -2.04. The van der Waals surface area contributed by atoms with Crippen molar-refractivity contribution < 1.29 is 4.79 Å². The number of nitrogens with one attached hydrogen (secondary N) is 1. The molecule has 0 aliphatic carbocycles. The number of aryl methyl sites for hydroxylation is 1. The zero-order valence-electron chi connectivity index (χ0n) is 13.3. The van der Waals surface area contributed by atoms with Crippen molar-refractivity contribution in [3.8, 4) is 11.4 Å². The van der Waals surface area contributed by atoms with Crippen molar-refractivity contribution in [2.24, 2.45) is 0 Å². The summed E-state index contributed by atoms with van der Waals surface area (Å²) in [6, 6.07) is 14.1. The average molecular weight is 352 g/mol. The van der Waals surface area contributed by atoms with Crippen LogP contribution in [0.1, 0.15) is 5.69 Å². The van der Waals surface area contributed by atoms with Crippen LogP contribution in [0.2, 0.25) is 5.02 Å². The molecule has 0 aliphatic heterocycles. The minimum Gasteiger partial charge on any atom is -0.306 e. The predicted molar refractivity (Wildman–Crippen MR) is 97.0 cm³/mol. The quantitative estimate of drug-likeness (QED) is 0.587. The van der Waals surface area contributed by atoms with Crippen LogP contribution in [0.25, 0.3) is 17.0 Å². The van der Waals surface area contributed by atoms with Gasteiger partial charge in [-0.2, -0.15) is 9.78 Å². The molecule has 124 valence electrons. The number of benzene rings is 1. The Balaban J connectivity index is 1.64. The molecule has 7 heteroatoms. The Morgan fingerprint density at radius 1 is 1.08 bits per heavy atom. The van der Waals surface area contributed by atoms with E-state index in [0.717, 1.165) is 17.0 Å². The molecule has 3 aromatic heterocycles. The van der Waals surface area contributed by atoms with Crippen molar-refractivity contribution in [3.05, 3.63) is 71.6 Å². The number of amides is 1. The first-order valence-electron chi connectivity index (χ1n) is 7.68. The molecule has 1 aromatic carbocycles. The van der Waals surface area contributed by atoms with Crippen molar-refractivity contribution in [3.63, 3.8) is 0 Å². The SMILES string of the molecule is Cc1nc2ccccn2c1-c1ccn(C(=O)Nc2ccc(Cl)cc2)n1. The molecule has 0 atom stereocenters. The number of rotatable bonds is 2. The van der Waals surface area contributed by atoms with Crippen LogP contribution in [0.15, 0.2) is 60.9 Å². The van der Waals surface area contributed by atoms with E-state index in [4.69, 9.17) is 11.6 Å². The van der Waals surface area contributed by atoms with E-state index >= 15 is 0 Å². The number of carbonyl (C=O) groups excluding carboxylic acids is 1. The van der Waals surface area contributed by atoms with Gasteiger partial charge in [0.05, 0.1) is 11.4 Å². The van der Waals surface area contributed by atoms with E-state index in [2.05, 4.69) is 15.4 Å². The molecule has 6 nitrogen and oxygen atoms in total. The Kier molecular flexibility index (Phi) is 3.74. The van der Waals surface area contributed by atoms with Gasteiger partial charge >= 0.3 is 6.03 Å². The molecule has 0 saturated heterocycles. The highest BCUT2D eigenvalue weighted by atomic mass is 35.5. The molecule has 0 fully saturated rings. The number of carbonyl (C=O) groups is 1. The van der Waals surface area contributed by atoms with E-state index in [9.17, 15) is 4.79 Å². The van der Waals surface area contributed by atoms with Gasteiger partial charge in [0.25, 0.3) is 0 Å². The Labute approximate surface area is 148 Å². The van der Waals surface area contributed by atoms with E-state index in [-0.39, 0.29) is 6.03 Å². The van der Waals surface area contributed by atoms with Crippen LogP contribution in [0.3, 0.4) is 0 Å². The maximum atomic E-state index is 12.4. The highest BCUT2D eigenvalue weighted by Crippen LogP contribution is 2.23. The van der Waals surface area contributed by atoms with Crippen molar-refractivity contribution in [1.29, 1.82) is 0 Å². The topological polar surface area (TPSA) is 64.2 Å². The molecule has 0 bridgehead atoms. The average Bonchev–Trinajstić information content (AvgIpc) is 3.20. The minimum absolute atomic E-state index is 0.347. The van der Waals surface area contributed by atoms with Gasteiger partial charge in [-0.1, -0.05) is 17.7 Å². The fraction of sp³-hybridized carbons (Fsp3) is 0.0556. The Morgan fingerprint density at radius 3 is 2.68 bits per heavy atom. The largest absolute Gasteiger partial charge is 0.346 e. The molecule has 3 heterocycles. The van der Waals surface area contributed by atoms with Gasteiger partial charge in [-0.05, 0) is 49.4 Å². The van der Waals surface area contributed by atoms with Gasteiger partial charge in [-0.15, -0.1) is 0 Å². The van der Waals surface area contributed by atoms with Crippen LogP contribution < -0.4 is 5.32 Å². The lowest BCUT2D eigenvalue weighted by molar-refractivity contribution is 0.251. The molecule has 0 unspecified atom stereocenters. The molecule has 25 heavy (non-hydrogen) atoms. The van der Waals surface area contributed by atoms with Crippen LogP contribution >= 0.6 is 11.6 Å². The summed E-state index contributed by atoms with van der Waals surface area (Å²) >= 11 is 5.85. The fourth-order valence-electron chi connectivity index (χ4n) is 2.70. The first-order chi connectivity index (χ1) is 12.1. The smallest absolute Gasteiger partial charge is 0.306 e. The molecular formula is C18H14ClN5O. The highest BCUT2D eigenvalue weighted by molar-refractivity contribution is 6.30. The molecule has 0 spiro atoms. The molecule has 1 amide bonds. The van der Waals surface area contributed by atoms with Crippen LogP contribution in [-0.4, -0.2) is 25.2 Å². The number of imidazole rings is 1. The summed E-state index contributed by atoms with van der Waals surface area (Å²) in [6.45, 7) is 1.93. The Bertz CT molecular complexity index is 1060. The normalized spacial score (nSPS) is 11.0. The fourth-order valence-corrected chi connectivity index (χ4v) is 2.83. The number of hydrogen-bond acceptors (Lipinski definition) is 3. The zero-order valence-corrected chi connectivity index (χ0v) is 14.1. The molecule has 1 N–H and O–H groups in total. The third-order valence-electron chi connectivity index (χ3n) is 3.84. The minimum atomic E-state index is -0.347. The summed E-state index contributed by atoms with van der Waals surface area (Å²) in [7, 11) is 0. The van der Waals surface area contributed by atoms with E-state index in [1.807, 2.05) is 35.7 Å². The number of halogens is 1. The molecule has 0 radical (unpaired) electrons. The highest BCUT2D eigenvalue weighted by Gasteiger charge is 2.15. The lowest BCUT2D eigenvalue weighted by atomic mass is 10.2. The summed E-state index contributed by atoms with van der Waals surface area (Å²) in [4.78, 5) is 16.9. The summed E-state index contributed by atoms with van der Waals surface area (Å²) in [6.07, 6.45) is 3.56. The zero-order chi connectivity index (χ0) is 17.4. The van der Waals surface area contributed by atoms with Crippen molar-refractivity contribution in [1.82, 2.24) is 19.2 Å². The van der Waals surface area contributed by atoms with E-state index in [1.165, 1.54) is 4.68 Å². The van der Waals surface area contributed by atoms with Crippen molar-refractivity contribution in [2.75, 3.05) is 5.32 Å². The molecule has 4 rings (SSSR count). The van der Waals surface area contributed by atoms with Gasteiger partial charge in [0, 0.05) is 23.1 Å². The second-order valence-corrected chi connectivity index (χ2v) is 5.99. The predicted octanol–water partition coefficient (Wildman–Crippen LogP) is 4.24. The second kappa shape index (κ2) is 6.07. The maximum absolute atomic E-state index is 12.4. The van der Waals surface area contributed by atoms with E-state index in [1.54, 1.807) is 36.5 Å². The summed E-state index contributed by atoms with van der Waals surface area (Å²) in [5.74, 6) is 0. The summed E-state index contributed by atoms with van der Waals surface area (Å²) in [5.41, 5.74) is 3.90. The first kappa shape index (κ1) is 15.4. The monoisotopic (exact) mass is 351 g/mol. The van der Waals surface area contributed by atoms with E-state index < -0.39 is 0 Å². The van der Waals surface area contributed by atoms with Gasteiger partial charge in [-0.25, -0.2) is 9.78 Å². The summed E-state index contributed by atoms with van der Waals surface area (Å²) < 4.78 is 3.23. The van der Waals surface area contributed by atoms with Gasteiger partial charge in [-0.3, -0.25) is 4.40 Å². The van der Waals surface area contributed by atoms with Gasteiger partial charge in [0.15, 0.2) is 0 Å². The van der Waals surface area contributed by atoms with Crippen molar-refractivity contribution >= 4 is 29.0 Å². The van der Waals surface area contributed by atoms with Gasteiger partial charge < -0.3 is 5.32 Å². The Morgan fingerprint density at radius 2 is 1.88 bits per heavy atom. The Hall–Kier alpha value is -3.12. The standard InChI is InChI=1S/C18H14ClN5O/c1-12-17(23-10-3-2-4-16(23)20-12)15-9-11-24(22-15)18(25)21-14-7-5-13(19)6-8-14/h2-11H,1H3,(H,21,25). The lowest BCUT2D eigenvalue weighted by Crippen LogP contribution is -2.19. The molecular weight excluding hydrogens is 338 g/mol. The number of anilines is 1. The molecule has 0 aliphatic rings. The number of pyridine rings is 1. The first-order valence-corrected chi connectivity index (χ1v) is 8.06. The summed E-state index contributed by atoms with van der Waals surface area (Å²) in [5, 5.41) is 7.78. The third kappa shape index (κ3) is 2.88. The number of nitrogens with zero attached hydrogens (tertiary/aromatic N) is 4. The molecule has 4 aromatic rings. The van der Waals surface area contributed by atoms with Gasteiger partial charge in [0.2, 0.25) is 0 Å². The molecule has 0 saturated carbocycles. The van der Waals surface area contributed by atoms with Gasteiger partial charge in [0.1, 0.15) is 11.3 Å². The van der Waals surface area contributed by atoms with Crippen LogP contribution in [0, 0.1) is 6.92 Å². The van der Waals surface area contributed by atoms with Crippen LogP contribution in [0.4, 0.5) is 10.5 Å². The van der Waals surface area contributed by atoms with Crippen molar-refractivity contribution in [2.45, 2.75) is 6.92 Å². The number of fused-ring (bicyclic) bond motifs is 1.